The van der Waals surface area contributed by atoms with Crippen LogP contribution in [0.2, 0.25) is 0 Å². The third-order valence-corrected chi connectivity index (χ3v) is 5.85. The summed E-state index contributed by atoms with van der Waals surface area (Å²) < 4.78 is 5.27. The Hall–Kier alpha value is -2.19. The van der Waals surface area contributed by atoms with Gasteiger partial charge in [-0.1, -0.05) is 0 Å². The number of hydrogen-bond acceptors (Lipinski definition) is 5. The van der Waals surface area contributed by atoms with Crippen LogP contribution in [0.4, 0.5) is 0 Å². The summed E-state index contributed by atoms with van der Waals surface area (Å²) in [6.45, 7) is 2.19. The molecule has 8 nitrogen and oxygen atoms in total. The summed E-state index contributed by atoms with van der Waals surface area (Å²) in [4.78, 5) is 42.0. The molecule has 146 valence electrons. The second kappa shape index (κ2) is 7.44. The normalized spacial score (nSPS) is 27.4. The third-order valence-electron chi connectivity index (χ3n) is 5.85. The maximum Gasteiger partial charge on any atom is 0.261 e. The number of nitrogens with zero attached hydrogens (tertiary/aromatic N) is 1. The minimum Gasteiger partial charge on any atom is -0.391 e. The van der Waals surface area contributed by atoms with Crippen LogP contribution in [0.1, 0.15) is 40.9 Å². The Kier molecular flexibility index (Phi) is 5.01. The number of aryl methyl sites for hydroxylation is 2. The fraction of sp³-hybridized carbons (Fsp3) is 0.632. The molecule has 3 atom stereocenters. The smallest absolute Gasteiger partial charge is 0.261 e. The number of aliphatic hydroxyl groups excluding tert-OH is 1. The molecule has 3 N–H and O–H groups in total. The van der Waals surface area contributed by atoms with E-state index >= 15 is 0 Å². The molecule has 27 heavy (non-hydrogen) atoms. The Labute approximate surface area is 156 Å². The number of morpholine rings is 1. The van der Waals surface area contributed by atoms with Gasteiger partial charge in [0.25, 0.3) is 11.5 Å². The monoisotopic (exact) mass is 375 g/mol. The lowest BCUT2D eigenvalue weighted by Gasteiger charge is -2.29. The largest absolute Gasteiger partial charge is 0.391 e. The molecule has 1 aliphatic heterocycles. The minimum absolute atomic E-state index is 0.00415. The van der Waals surface area contributed by atoms with Crippen LogP contribution in [0.3, 0.4) is 0 Å². The molecule has 0 aromatic carbocycles. The summed E-state index contributed by atoms with van der Waals surface area (Å²) >= 11 is 0. The number of carbonyl (C=O) groups excluding carboxylic acids is 2. The van der Waals surface area contributed by atoms with Crippen molar-refractivity contribution in [1.29, 1.82) is 0 Å². The van der Waals surface area contributed by atoms with E-state index in [1.54, 1.807) is 11.0 Å². The van der Waals surface area contributed by atoms with E-state index < -0.39 is 23.6 Å². The molecule has 4 rings (SSSR count). The average Bonchev–Trinajstić information content (AvgIpc) is 3.27. The van der Waals surface area contributed by atoms with Crippen LogP contribution in [-0.4, -0.2) is 65.3 Å². The molecule has 2 fully saturated rings. The van der Waals surface area contributed by atoms with Gasteiger partial charge < -0.3 is 25.0 Å². The van der Waals surface area contributed by atoms with Crippen LogP contribution in [-0.2, 0) is 22.4 Å². The standard InChI is InChI=1S/C19H25N3O5/c23-16-10-12(19(26)22-4-6-27-7-5-22)9-15(16)21-18(25)13-8-11-2-1-3-14(11)20-17(13)24/h8,12,15-16,23H,1-7,9-10H2,(H,20,24)(H,21,25)/t12-,15+,16+/m0/s1. The number of hydrogen-bond donors (Lipinski definition) is 3. The number of nitrogens with one attached hydrogen (secondary N) is 2. The molecule has 0 spiro atoms. The number of pyridine rings is 1. The highest BCUT2D eigenvalue weighted by atomic mass is 16.5. The van der Waals surface area contributed by atoms with E-state index in [2.05, 4.69) is 10.3 Å². The molecule has 2 aliphatic carbocycles. The van der Waals surface area contributed by atoms with E-state index in [0.29, 0.717) is 39.1 Å². The van der Waals surface area contributed by atoms with Crippen LogP contribution in [0, 0.1) is 5.92 Å². The van der Waals surface area contributed by atoms with Crippen molar-refractivity contribution in [1.82, 2.24) is 15.2 Å². The zero-order valence-electron chi connectivity index (χ0n) is 15.2. The fourth-order valence-corrected chi connectivity index (χ4v) is 4.34. The third kappa shape index (κ3) is 3.64. The predicted octanol–water partition coefficient (Wildman–Crippen LogP) is -0.408. The molecule has 1 saturated heterocycles. The Morgan fingerprint density at radius 2 is 2.00 bits per heavy atom. The van der Waals surface area contributed by atoms with Crippen molar-refractivity contribution in [3.63, 3.8) is 0 Å². The lowest BCUT2D eigenvalue weighted by atomic mass is 10.1. The van der Waals surface area contributed by atoms with Crippen molar-refractivity contribution in [3.05, 3.63) is 33.2 Å². The van der Waals surface area contributed by atoms with E-state index in [0.717, 1.165) is 30.5 Å². The molecule has 3 aliphatic rings. The van der Waals surface area contributed by atoms with Gasteiger partial charge in [-0.2, -0.15) is 0 Å². The number of H-pyrrole nitrogens is 1. The van der Waals surface area contributed by atoms with Crippen molar-refractivity contribution in [2.45, 2.75) is 44.2 Å². The summed E-state index contributed by atoms with van der Waals surface area (Å²) in [5.41, 5.74) is 1.59. The highest BCUT2D eigenvalue weighted by Crippen LogP contribution is 2.28. The number of aromatic nitrogens is 1. The molecule has 2 heterocycles. The first-order valence-electron chi connectivity index (χ1n) is 9.63. The first-order chi connectivity index (χ1) is 13.0. The average molecular weight is 375 g/mol. The lowest BCUT2D eigenvalue weighted by Crippen LogP contribution is -2.44. The second-order valence-electron chi connectivity index (χ2n) is 7.62. The van der Waals surface area contributed by atoms with Crippen LogP contribution in [0.25, 0.3) is 0 Å². The molecule has 1 saturated carbocycles. The second-order valence-corrected chi connectivity index (χ2v) is 7.62. The molecule has 8 heteroatoms. The maximum absolute atomic E-state index is 12.6. The summed E-state index contributed by atoms with van der Waals surface area (Å²) in [7, 11) is 0. The van der Waals surface area contributed by atoms with Gasteiger partial charge in [-0.25, -0.2) is 0 Å². The summed E-state index contributed by atoms with van der Waals surface area (Å²) in [6.07, 6.45) is 2.57. The van der Waals surface area contributed by atoms with Crippen LogP contribution in [0.5, 0.6) is 0 Å². The van der Waals surface area contributed by atoms with Gasteiger partial charge in [-0.15, -0.1) is 0 Å². The molecule has 1 aromatic heterocycles. The number of ether oxygens (including phenoxy) is 1. The minimum atomic E-state index is -0.794. The quantitative estimate of drug-likeness (QED) is 0.665. The number of aliphatic hydroxyl groups is 1. The van der Waals surface area contributed by atoms with Crippen LogP contribution in [0.15, 0.2) is 10.9 Å². The van der Waals surface area contributed by atoms with Gasteiger partial charge in [-0.3, -0.25) is 14.4 Å². The zero-order chi connectivity index (χ0) is 19.0. The van der Waals surface area contributed by atoms with E-state index in [1.807, 2.05) is 0 Å². The lowest BCUT2D eigenvalue weighted by molar-refractivity contribution is -0.139. The van der Waals surface area contributed by atoms with Gasteiger partial charge in [0.15, 0.2) is 0 Å². The first-order valence-corrected chi connectivity index (χ1v) is 9.63. The Bertz CT molecular complexity index is 799. The number of amides is 2. The Morgan fingerprint density at radius 1 is 1.22 bits per heavy atom. The molecule has 0 radical (unpaired) electrons. The molecular weight excluding hydrogens is 350 g/mol. The topological polar surface area (TPSA) is 112 Å². The van der Waals surface area contributed by atoms with Crippen molar-refractivity contribution in [3.8, 4) is 0 Å². The number of aromatic amines is 1. The first kappa shape index (κ1) is 18.2. The molecular formula is C19H25N3O5. The number of rotatable bonds is 3. The predicted molar refractivity (Wildman–Crippen MR) is 96.5 cm³/mol. The zero-order valence-corrected chi connectivity index (χ0v) is 15.2. The fourth-order valence-electron chi connectivity index (χ4n) is 4.34. The molecule has 0 bridgehead atoms. The summed E-state index contributed by atoms with van der Waals surface area (Å²) in [5, 5.41) is 13.1. The van der Waals surface area contributed by atoms with E-state index in [-0.39, 0.29) is 17.4 Å². The molecule has 2 amide bonds. The van der Waals surface area contributed by atoms with E-state index in [9.17, 15) is 19.5 Å². The summed E-state index contributed by atoms with van der Waals surface area (Å²) in [6, 6.07) is 1.13. The SMILES string of the molecule is O=C(N[C@@H]1C[C@H](C(=O)N2CCOCC2)C[C@H]1O)c1cc2c([nH]c1=O)CCC2. The van der Waals surface area contributed by atoms with Crippen molar-refractivity contribution in [2.24, 2.45) is 5.92 Å². The van der Waals surface area contributed by atoms with E-state index in [4.69, 9.17) is 4.74 Å². The van der Waals surface area contributed by atoms with Crippen LogP contribution >= 0.6 is 0 Å². The van der Waals surface area contributed by atoms with Gasteiger partial charge in [0, 0.05) is 24.7 Å². The van der Waals surface area contributed by atoms with Gasteiger partial charge in [0.2, 0.25) is 5.91 Å². The Morgan fingerprint density at radius 3 is 2.78 bits per heavy atom. The van der Waals surface area contributed by atoms with Crippen LogP contribution < -0.4 is 10.9 Å². The van der Waals surface area contributed by atoms with Crippen molar-refractivity contribution in [2.75, 3.05) is 26.3 Å². The van der Waals surface area contributed by atoms with Crippen molar-refractivity contribution >= 4 is 11.8 Å². The van der Waals surface area contributed by atoms with Crippen molar-refractivity contribution < 1.29 is 19.4 Å². The van der Waals surface area contributed by atoms with Gasteiger partial charge in [-0.05, 0) is 43.7 Å². The highest BCUT2D eigenvalue weighted by molar-refractivity contribution is 5.94. The summed E-state index contributed by atoms with van der Waals surface area (Å²) in [5.74, 6) is -0.805. The number of carbonyl (C=O) groups is 2. The maximum atomic E-state index is 12.6. The highest BCUT2D eigenvalue weighted by Gasteiger charge is 2.40. The van der Waals surface area contributed by atoms with Gasteiger partial charge in [0.1, 0.15) is 5.56 Å². The Balaban J connectivity index is 1.41. The molecule has 0 unspecified atom stereocenters. The van der Waals surface area contributed by atoms with Gasteiger partial charge in [0.05, 0.1) is 25.4 Å². The van der Waals surface area contributed by atoms with E-state index in [1.165, 1.54) is 0 Å². The van der Waals surface area contributed by atoms with Gasteiger partial charge >= 0.3 is 0 Å². The number of fused-ring (bicyclic) bond motifs is 1. The molecule has 1 aromatic rings.